The Morgan fingerprint density at radius 1 is 0.914 bits per heavy atom. The second-order valence-electron chi connectivity index (χ2n) is 11.3. The molecule has 2 bridgehead atoms. The third-order valence-corrected chi connectivity index (χ3v) is 8.93. The summed E-state index contributed by atoms with van der Waals surface area (Å²) in [4.78, 5) is 11.9. The highest BCUT2D eigenvalue weighted by atomic mass is 16.7. The van der Waals surface area contributed by atoms with Crippen molar-refractivity contribution in [1.82, 2.24) is 0 Å². The third-order valence-electron chi connectivity index (χ3n) is 8.93. The lowest BCUT2D eigenvalue weighted by molar-refractivity contribution is -0.230. The molecule has 4 nitrogen and oxygen atoms in total. The Bertz CT molecular complexity index is 794. The van der Waals surface area contributed by atoms with Gasteiger partial charge in [0, 0.05) is 6.08 Å². The standard InChI is InChI=1S/C31H46O4/c1-3-5-7-8-10-16-30-17-20-31(21-18-30,22-19-30)26-14-12-25(13-15-26)27-23-34-29(24-33-27)35-28(32)11-9-6-4-2/h9,11-15,27,29H,3-8,10,16-24H2,1-2H3/b11-9+/t27-,29-,30?,31?/m1/s1. The van der Waals surface area contributed by atoms with E-state index in [2.05, 4.69) is 38.1 Å². The van der Waals surface area contributed by atoms with Crippen molar-refractivity contribution >= 4 is 5.97 Å². The van der Waals surface area contributed by atoms with Crippen LogP contribution in [0.3, 0.4) is 0 Å². The van der Waals surface area contributed by atoms with E-state index in [0.717, 1.165) is 18.4 Å². The minimum atomic E-state index is -0.625. The van der Waals surface area contributed by atoms with Gasteiger partial charge in [0.05, 0.1) is 6.61 Å². The molecule has 2 atom stereocenters. The summed E-state index contributed by atoms with van der Waals surface area (Å²) < 4.78 is 17.1. The highest BCUT2D eigenvalue weighted by molar-refractivity contribution is 5.81. The topological polar surface area (TPSA) is 44.8 Å². The van der Waals surface area contributed by atoms with E-state index in [4.69, 9.17) is 14.2 Å². The van der Waals surface area contributed by atoms with Crippen molar-refractivity contribution in [3.8, 4) is 0 Å². The van der Waals surface area contributed by atoms with Gasteiger partial charge in [-0.25, -0.2) is 4.79 Å². The summed E-state index contributed by atoms with van der Waals surface area (Å²) in [5.74, 6) is -0.366. The van der Waals surface area contributed by atoms with Gasteiger partial charge in [0.15, 0.2) is 0 Å². The molecule has 0 radical (unpaired) electrons. The van der Waals surface area contributed by atoms with E-state index in [9.17, 15) is 4.79 Å². The van der Waals surface area contributed by atoms with E-state index in [1.54, 1.807) is 0 Å². The maximum atomic E-state index is 11.9. The van der Waals surface area contributed by atoms with Crippen LogP contribution in [0.4, 0.5) is 0 Å². The van der Waals surface area contributed by atoms with Gasteiger partial charge in [-0.3, -0.25) is 0 Å². The first-order valence-corrected chi connectivity index (χ1v) is 14.3. The van der Waals surface area contributed by atoms with Crippen LogP contribution in [0, 0.1) is 5.41 Å². The minimum Gasteiger partial charge on any atom is -0.430 e. The summed E-state index contributed by atoms with van der Waals surface area (Å²) in [6.45, 7) is 5.05. The number of rotatable bonds is 12. The van der Waals surface area contributed by atoms with Gasteiger partial charge in [0.1, 0.15) is 12.7 Å². The number of carbonyl (C=O) groups is 1. The zero-order valence-electron chi connectivity index (χ0n) is 22.1. The number of benzene rings is 1. The van der Waals surface area contributed by atoms with Crippen LogP contribution in [0.25, 0.3) is 0 Å². The highest BCUT2D eigenvalue weighted by Crippen LogP contribution is 2.59. The second-order valence-corrected chi connectivity index (χ2v) is 11.3. The molecule has 194 valence electrons. The second kappa shape index (κ2) is 12.5. The van der Waals surface area contributed by atoms with E-state index in [1.165, 1.54) is 88.7 Å². The van der Waals surface area contributed by atoms with Gasteiger partial charge >= 0.3 is 5.97 Å². The quantitative estimate of drug-likeness (QED) is 0.172. The fourth-order valence-electron chi connectivity index (χ4n) is 6.49. The Labute approximate surface area is 212 Å². The summed E-state index contributed by atoms with van der Waals surface area (Å²) >= 11 is 0. The van der Waals surface area contributed by atoms with Gasteiger partial charge in [-0.05, 0) is 73.3 Å². The number of carbonyl (C=O) groups excluding carboxylic acids is 1. The lowest BCUT2D eigenvalue weighted by Gasteiger charge is -2.54. The number of hydrogen-bond acceptors (Lipinski definition) is 4. The maximum absolute atomic E-state index is 11.9. The Hall–Kier alpha value is -1.65. The third kappa shape index (κ3) is 6.77. The van der Waals surface area contributed by atoms with E-state index in [0.29, 0.717) is 17.4 Å². The van der Waals surface area contributed by atoms with Gasteiger partial charge in [-0.15, -0.1) is 0 Å². The molecule has 0 aromatic heterocycles. The number of hydrogen-bond donors (Lipinski definition) is 0. The van der Waals surface area contributed by atoms with Crippen LogP contribution < -0.4 is 0 Å². The normalized spacial score (nSPS) is 30.6. The van der Waals surface area contributed by atoms with Gasteiger partial charge in [-0.2, -0.15) is 0 Å². The first kappa shape index (κ1) is 26.4. The summed E-state index contributed by atoms with van der Waals surface area (Å²) in [7, 11) is 0. The summed E-state index contributed by atoms with van der Waals surface area (Å²) in [6, 6.07) is 9.13. The molecule has 3 saturated carbocycles. The molecule has 0 spiro atoms. The molecule has 1 aromatic rings. The van der Waals surface area contributed by atoms with Crippen LogP contribution in [0.5, 0.6) is 0 Å². The molecule has 0 N–H and O–H groups in total. The van der Waals surface area contributed by atoms with Crippen molar-refractivity contribution in [2.75, 3.05) is 13.2 Å². The van der Waals surface area contributed by atoms with Crippen LogP contribution in [0.1, 0.15) is 121 Å². The molecular weight excluding hydrogens is 436 g/mol. The molecule has 1 saturated heterocycles. The SMILES string of the molecule is CCC/C=C/C(=O)O[C@@H]1CO[C@@H](c2ccc(C34CCC(CCCCCCC)(CC3)CC4)cc2)CO1. The predicted octanol–water partition coefficient (Wildman–Crippen LogP) is 7.95. The van der Waals surface area contributed by atoms with Gasteiger partial charge < -0.3 is 14.2 Å². The average molecular weight is 483 g/mol. The molecule has 0 unspecified atom stereocenters. The van der Waals surface area contributed by atoms with Crippen LogP contribution in [0.2, 0.25) is 0 Å². The van der Waals surface area contributed by atoms with Crippen molar-refractivity contribution in [2.45, 2.75) is 122 Å². The van der Waals surface area contributed by atoms with E-state index >= 15 is 0 Å². The number of unbranched alkanes of at least 4 members (excludes halogenated alkanes) is 5. The van der Waals surface area contributed by atoms with Crippen LogP contribution in [0.15, 0.2) is 36.4 Å². The van der Waals surface area contributed by atoms with E-state index < -0.39 is 6.29 Å². The number of fused-ring (bicyclic) bond motifs is 3. The lowest BCUT2D eigenvalue weighted by Crippen LogP contribution is -2.44. The minimum absolute atomic E-state index is 0.106. The molecule has 4 fully saturated rings. The molecule has 1 aliphatic heterocycles. The van der Waals surface area contributed by atoms with Gasteiger partial charge in [0.25, 0.3) is 0 Å². The smallest absolute Gasteiger partial charge is 0.332 e. The van der Waals surface area contributed by atoms with Crippen molar-refractivity contribution in [3.63, 3.8) is 0 Å². The number of esters is 1. The predicted molar refractivity (Wildman–Crippen MR) is 140 cm³/mol. The Kier molecular flexibility index (Phi) is 9.46. The first-order valence-electron chi connectivity index (χ1n) is 14.3. The average Bonchev–Trinajstić information content (AvgIpc) is 2.90. The van der Waals surface area contributed by atoms with Crippen LogP contribution in [-0.4, -0.2) is 25.5 Å². The Balaban J connectivity index is 1.24. The van der Waals surface area contributed by atoms with Crippen molar-refractivity contribution < 1.29 is 19.0 Å². The number of ether oxygens (including phenoxy) is 3. The highest BCUT2D eigenvalue weighted by Gasteiger charge is 2.48. The summed E-state index contributed by atoms with van der Waals surface area (Å²) in [6.07, 6.45) is 21.2. The zero-order chi connectivity index (χ0) is 24.6. The molecule has 3 aliphatic carbocycles. The molecule has 4 heteroatoms. The lowest BCUT2D eigenvalue weighted by atomic mass is 9.51. The Morgan fingerprint density at radius 3 is 2.26 bits per heavy atom. The van der Waals surface area contributed by atoms with Crippen molar-refractivity contribution in [1.29, 1.82) is 0 Å². The first-order chi connectivity index (χ1) is 17.1. The summed E-state index contributed by atoms with van der Waals surface area (Å²) in [5.41, 5.74) is 3.69. The molecule has 4 aliphatic rings. The van der Waals surface area contributed by atoms with Gasteiger partial charge in [-0.1, -0.05) is 82.7 Å². The molecule has 5 rings (SSSR count). The largest absolute Gasteiger partial charge is 0.430 e. The van der Waals surface area contributed by atoms with E-state index in [1.807, 2.05) is 6.08 Å². The molecule has 1 heterocycles. The summed E-state index contributed by atoms with van der Waals surface area (Å²) in [5, 5.41) is 0. The Morgan fingerprint density at radius 2 is 1.63 bits per heavy atom. The molecule has 1 aromatic carbocycles. The monoisotopic (exact) mass is 482 g/mol. The number of allylic oxidation sites excluding steroid dienone is 1. The van der Waals surface area contributed by atoms with Crippen LogP contribution in [-0.2, 0) is 24.4 Å². The fraction of sp³-hybridized carbons (Fsp3) is 0.710. The molecular formula is C31H46O4. The van der Waals surface area contributed by atoms with Crippen LogP contribution >= 0.6 is 0 Å². The van der Waals surface area contributed by atoms with Crippen molar-refractivity contribution in [3.05, 3.63) is 47.5 Å². The zero-order valence-corrected chi connectivity index (χ0v) is 22.1. The maximum Gasteiger partial charge on any atom is 0.332 e. The molecule has 35 heavy (non-hydrogen) atoms. The molecule has 0 amide bonds. The van der Waals surface area contributed by atoms with Gasteiger partial charge in [0.2, 0.25) is 6.29 Å². The van der Waals surface area contributed by atoms with E-state index in [-0.39, 0.29) is 18.7 Å². The van der Waals surface area contributed by atoms with Crippen molar-refractivity contribution in [2.24, 2.45) is 5.41 Å². The fourth-order valence-corrected chi connectivity index (χ4v) is 6.49.